The summed E-state index contributed by atoms with van der Waals surface area (Å²) in [6.45, 7) is -3.48. The first-order valence-electron chi connectivity index (χ1n) is 3.58. The minimum Gasteiger partial charge on any atom is -0.480 e. The van der Waals surface area contributed by atoms with Gasteiger partial charge in [-0.1, -0.05) is 0 Å². The number of aliphatic carboxylic acids is 1. The highest BCUT2D eigenvalue weighted by Gasteiger charge is 2.03. The molecule has 52 valence electrons. The molecule has 0 heterocycles. The molecular weight excluding hydrogens is 122 g/mol. The van der Waals surface area contributed by atoms with E-state index in [9.17, 15) is 4.79 Å². The van der Waals surface area contributed by atoms with E-state index in [1.54, 1.807) is 0 Å². The Hall–Kier alpha value is -1.26. The molecule has 0 aromatic rings. The normalized spacial score (nSPS) is 14.9. The predicted molar refractivity (Wildman–Crippen MR) is 32.2 cm³/mol. The van der Waals surface area contributed by atoms with Crippen LogP contribution in [0.15, 0.2) is 0 Å². The number of nitrogens with zero attached hydrogens (tertiary/aromatic N) is 1. The van der Waals surface area contributed by atoms with Crippen molar-refractivity contribution in [1.82, 2.24) is 4.90 Å². The SMILES string of the molecule is [2H]C([2H])([2H])N(CC(=O)O)C(=N)N. The van der Waals surface area contributed by atoms with E-state index in [4.69, 9.17) is 20.4 Å². The molecule has 0 spiro atoms. The third-order valence-corrected chi connectivity index (χ3v) is 0.584. The summed E-state index contributed by atoms with van der Waals surface area (Å²) < 4.78 is 20.4. The average molecular weight is 134 g/mol. The molecule has 0 atom stereocenters. The molecule has 9 heavy (non-hydrogen) atoms. The zero-order valence-corrected chi connectivity index (χ0v) is 4.59. The number of hydrogen-bond donors (Lipinski definition) is 3. The maximum absolute atomic E-state index is 10.1. The van der Waals surface area contributed by atoms with Gasteiger partial charge in [-0.05, 0) is 0 Å². The van der Waals surface area contributed by atoms with Crippen LogP contribution >= 0.6 is 0 Å². The summed E-state index contributed by atoms with van der Waals surface area (Å²) in [5.74, 6) is -2.13. The third kappa shape index (κ3) is 3.33. The van der Waals surface area contributed by atoms with E-state index in [1.165, 1.54) is 0 Å². The van der Waals surface area contributed by atoms with Gasteiger partial charge in [-0.2, -0.15) is 0 Å². The van der Waals surface area contributed by atoms with Crippen molar-refractivity contribution in [2.75, 3.05) is 13.5 Å². The van der Waals surface area contributed by atoms with Gasteiger partial charge in [-0.25, -0.2) is 0 Å². The topological polar surface area (TPSA) is 90.4 Å². The van der Waals surface area contributed by atoms with Crippen molar-refractivity contribution in [1.29, 1.82) is 5.41 Å². The summed E-state index contributed by atoms with van der Waals surface area (Å²) in [6, 6.07) is 0. The van der Waals surface area contributed by atoms with Crippen LogP contribution in [0.5, 0.6) is 0 Å². The number of rotatable bonds is 2. The molecule has 0 bridgehead atoms. The maximum Gasteiger partial charge on any atom is 0.323 e. The fraction of sp³-hybridized carbons (Fsp3) is 0.500. The number of carboxylic acid groups (broad SMARTS) is 1. The number of likely N-dealkylation sites (N-methyl/N-ethyl adjacent to an activating group) is 1. The first-order valence-corrected chi connectivity index (χ1v) is 2.08. The van der Waals surface area contributed by atoms with E-state index in [2.05, 4.69) is 0 Å². The smallest absolute Gasteiger partial charge is 0.323 e. The first-order chi connectivity index (χ1) is 5.25. The second kappa shape index (κ2) is 2.91. The number of carboxylic acids is 1. The number of hydrogen-bond acceptors (Lipinski definition) is 2. The molecule has 0 rings (SSSR count). The second-order valence-corrected chi connectivity index (χ2v) is 1.37. The zero-order valence-electron chi connectivity index (χ0n) is 7.59. The molecule has 0 saturated carbocycles. The lowest BCUT2D eigenvalue weighted by Gasteiger charge is -2.12. The van der Waals surface area contributed by atoms with Gasteiger partial charge in [0, 0.05) is 11.1 Å². The Labute approximate surface area is 56.8 Å². The van der Waals surface area contributed by atoms with E-state index >= 15 is 0 Å². The van der Waals surface area contributed by atoms with E-state index in [-0.39, 0.29) is 0 Å². The van der Waals surface area contributed by atoms with E-state index in [0.717, 1.165) is 0 Å². The lowest BCUT2D eigenvalue weighted by atomic mass is 10.6. The molecule has 0 amide bonds. The zero-order chi connectivity index (χ0) is 9.94. The minimum atomic E-state index is -2.68. The van der Waals surface area contributed by atoms with Gasteiger partial charge in [0.1, 0.15) is 6.54 Å². The van der Waals surface area contributed by atoms with Crippen molar-refractivity contribution in [2.45, 2.75) is 0 Å². The van der Waals surface area contributed by atoms with Crippen molar-refractivity contribution in [3.8, 4) is 0 Å². The van der Waals surface area contributed by atoms with Gasteiger partial charge in [-0.3, -0.25) is 10.2 Å². The summed E-state index contributed by atoms with van der Waals surface area (Å²) in [7, 11) is 0. The van der Waals surface area contributed by atoms with Gasteiger partial charge in [0.15, 0.2) is 5.96 Å². The lowest BCUT2D eigenvalue weighted by molar-refractivity contribution is -0.137. The quantitative estimate of drug-likeness (QED) is 0.330. The van der Waals surface area contributed by atoms with E-state index < -0.39 is 25.4 Å². The minimum absolute atomic E-state index is 0.315. The van der Waals surface area contributed by atoms with E-state index in [0.29, 0.717) is 4.90 Å². The fourth-order valence-corrected chi connectivity index (χ4v) is 0.220. The molecule has 0 aliphatic heterocycles. The summed E-state index contributed by atoms with van der Waals surface area (Å²) >= 11 is 0. The molecule has 5 nitrogen and oxygen atoms in total. The molecule has 4 N–H and O–H groups in total. The number of guanidine groups is 1. The van der Waals surface area contributed by atoms with Crippen LogP contribution in [0.3, 0.4) is 0 Å². The highest BCUT2D eigenvalue weighted by molar-refractivity contribution is 5.79. The summed E-state index contributed by atoms with van der Waals surface area (Å²) in [5.41, 5.74) is 4.86. The Morgan fingerprint density at radius 2 is 2.67 bits per heavy atom. The van der Waals surface area contributed by atoms with Crippen molar-refractivity contribution in [3.05, 3.63) is 0 Å². The Morgan fingerprint density at radius 1 is 2.11 bits per heavy atom. The summed E-state index contributed by atoms with van der Waals surface area (Å²) in [6.07, 6.45) is 0. The van der Waals surface area contributed by atoms with Gasteiger partial charge >= 0.3 is 5.97 Å². The molecule has 0 fully saturated rings. The molecule has 0 saturated heterocycles. The Morgan fingerprint density at radius 3 is 2.78 bits per heavy atom. The van der Waals surface area contributed by atoms with Crippen LogP contribution < -0.4 is 5.73 Å². The second-order valence-electron chi connectivity index (χ2n) is 1.37. The van der Waals surface area contributed by atoms with Crippen LogP contribution in [-0.2, 0) is 4.79 Å². The number of nitrogens with one attached hydrogen (secondary N) is 1. The standard InChI is InChI=1S/C4H9N3O2/c1-7(4(5)6)2-3(8)9/h2H2,1H3,(H3,5,6)(H,8,9)/i1D3. The van der Waals surface area contributed by atoms with Crippen LogP contribution in [-0.4, -0.2) is 35.5 Å². The van der Waals surface area contributed by atoms with Crippen LogP contribution in [0, 0.1) is 5.41 Å². The van der Waals surface area contributed by atoms with Gasteiger partial charge in [-0.15, -0.1) is 0 Å². The highest BCUT2D eigenvalue weighted by atomic mass is 16.4. The molecule has 0 aliphatic carbocycles. The van der Waals surface area contributed by atoms with Crippen molar-refractivity contribution < 1.29 is 14.0 Å². The van der Waals surface area contributed by atoms with Crippen LogP contribution in [0.2, 0.25) is 0 Å². The van der Waals surface area contributed by atoms with Crippen molar-refractivity contribution >= 4 is 11.9 Å². The average Bonchev–Trinajstić information content (AvgIpc) is 1.79. The molecule has 0 aromatic carbocycles. The van der Waals surface area contributed by atoms with Crippen molar-refractivity contribution in [2.24, 2.45) is 5.73 Å². The van der Waals surface area contributed by atoms with Crippen molar-refractivity contribution in [3.63, 3.8) is 0 Å². The highest BCUT2D eigenvalue weighted by Crippen LogP contribution is 1.76. The maximum atomic E-state index is 10.1. The summed E-state index contributed by atoms with van der Waals surface area (Å²) in [5, 5.41) is 15.0. The van der Waals surface area contributed by atoms with Gasteiger partial charge in [0.2, 0.25) is 0 Å². The van der Waals surface area contributed by atoms with Crippen LogP contribution in [0.1, 0.15) is 4.11 Å². The van der Waals surface area contributed by atoms with Gasteiger partial charge in [0.05, 0.1) is 0 Å². The van der Waals surface area contributed by atoms with Crippen LogP contribution in [0.25, 0.3) is 0 Å². The van der Waals surface area contributed by atoms with E-state index in [1.807, 2.05) is 0 Å². The molecule has 5 heteroatoms. The predicted octanol–water partition coefficient (Wildman–Crippen LogP) is -1.10. The lowest BCUT2D eigenvalue weighted by Crippen LogP contribution is -2.36. The first kappa shape index (κ1) is 3.71. The number of nitrogens with two attached hydrogens (primary N) is 1. The third-order valence-electron chi connectivity index (χ3n) is 0.584. The molecule has 0 aliphatic rings. The Balaban J connectivity index is 4.46. The Kier molecular flexibility index (Phi) is 1.20. The summed E-state index contributed by atoms with van der Waals surface area (Å²) in [4.78, 5) is 10.4. The molecule has 0 aromatic heterocycles. The fourth-order valence-electron chi connectivity index (χ4n) is 0.220. The number of carbonyl (C=O) groups is 1. The van der Waals surface area contributed by atoms with Crippen LogP contribution in [0.4, 0.5) is 0 Å². The molecule has 0 unspecified atom stereocenters. The monoisotopic (exact) mass is 134 g/mol. The molecular formula is C4H9N3O2. The Bertz CT molecular complexity index is 202. The van der Waals surface area contributed by atoms with Gasteiger partial charge < -0.3 is 15.7 Å². The molecule has 0 radical (unpaired) electrons. The largest absolute Gasteiger partial charge is 0.480 e. The van der Waals surface area contributed by atoms with Gasteiger partial charge in [0.25, 0.3) is 0 Å².